The van der Waals surface area contributed by atoms with Crippen LogP contribution in [0.4, 0.5) is 5.95 Å². The third-order valence-electron chi connectivity index (χ3n) is 2.21. The first kappa shape index (κ1) is 12.3. The standard InChI is InChI=1S/C11H10N4O2S/c1-16-8-4-3-7(17-8)9-6(5-12)10(18-2)15-11(13)14-9/h3-4H,1-2H3,(H2,13,14,15). The molecule has 18 heavy (non-hydrogen) atoms. The van der Waals surface area contributed by atoms with Crippen molar-refractivity contribution < 1.29 is 9.15 Å². The van der Waals surface area contributed by atoms with Gasteiger partial charge >= 0.3 is 0 Å². The molecule has 2 rings (SSSR count). The maximum absolute atomic E-state index is 9.19. The highest BCUT2D eigenvalue weighted by Gasteiger charge is 2.17. The second kappa shape index (κ2) is 4.98. The molecule has 0 saturated carbocycles. The van der Waals surface area contributed by atoms with Crippen LogP contribution in [0.2, 0.25) is 0 Å². The zero-order valence-electron chi connectivity index (χ0n) is 9.80. The third-order valence-corrected chi connectivity index (χ3v) is 2.90. The molecule has 92 valence electrons. The number of anilines is 1. The van der Waals surface area contributed by atoms with Gasteiger partial charge in [0.05, 0.1) is 7.11 Å². The molecule has 2 N–H and O–H groups in total. The summed E-state index contributed by atoms with van der Waals surface area (Å²) < 4.78 is 10.3. The van der Waals surface area contributed by atoms with Crippen molar-refractivity contribution in [2.45, 2.75) is 5.03 Å². The van der Waals surface area contributed by atoms with Crippen LogP contribution >= 0.6 is 11.8 Å². The Kier molecular flexibility index (Phi) is 3.39. The molecule has 6 nitrogen and oxygen atoms in total. The number of ether oxygens (including phenoxy) is 1. The first-order valence-electron chi connectivity index (χ1n) is 4.95. The van der Waals surface area contributed by atoms with Crippen molar-refractivity contribution in [2.24, 2.45) is 0 Å². The highest BCUT2D eigenvalue weighted by Crippen LogP contribution is 2.31. The van der Waals surface area contributed by atoms with E-state index in [0.717, 1.165) is 0 Å². The summed E-state index contributed by atoms with van der Waals surface area (Å²) in [6.07, 6.45) is 1.81. The molecular weight excluding hydrogens is 252 g/mol. The van der Waals surface area contributed by atoms with Gasteiger partial charge in [-0.15, -0.1) is 11.8 Å². The summed E-state index contributed by atoms with van der Waals surface area (Å²) in [4.78, 5) is 8.06. The molecule has 0 bridgehead atoms. The summed E-state index contributed by atoms with van der Waals surface area (Å²) >= 11 is 1.33. The van der Waals surface area contributed by atoms with Crippen LogP contribution in [0.25, 0.3) is 11.5 Å². The van der Waals surface area contributed by atoms with Crippen molar-refractivity contribution in [1.82, 2.24) is 9.97 Å². The van der Waals surface area contributed by atoms with E-state index in [2.05, 4.69) is 16.0 Å². The molecule has 2 aromatic heterocycles. The average molecular weight is 262 g/mol. The molecule has 0 aliphatic carbocycles. The van der Waals surface area contributed by atoms with Crippen LogP contribution in [-0.4, -0.2) is 23.3 Å². The van der Waals surface area contributed by atoms with Crippen molar-refractivity contribution in [2.75, 3.05) is 19.1 Å². The van der Waals surface area contributed by atoms with E-state index in [1.54, 1.807) is 12.1 Å². The molecule has 0 atom stereocenters. The fourth-order valence-electron chi connectivity index (χ4n) is 1.44. The Bertz CT molecular complexity index is 618. The second-order valence-corrected chi connectivity index (χ2v) is 4.04. The smallest absolute Gasteiger partial charge is 0.284 e. The van der Waals surface area contributed by atoms with Gasteiger partial charge in [0, 0.05) is 6.07 Å². The van der Waals surface area contributed by atoms with Gasteiger partial charge in [-0.1, -0.05) is 0 Å². The van der Waals surface area contributed by atoms with Gasteiger partial charge in [-0.05, 0) is 12.3 Å². The number of hydrogen-bond acceptors (Lipinski definition) is 7. The summed E-state index contributed by atoms with van der Waals surface area (Å²) in [6.45, 7) is 0. The molecule has 0 aromatic carbocycles. The minimum absolute atomic E-state index is 0.101. The van der Waals surface area contributed by atoms with Crippen LogP contribution in [0.3, 0.4) is 0 Å². The number of nitrogens with two attached hydrogens (primary N) is 1. The number of methoxy groups -OCH3 is 1. The Morgan fingerprint density at radius 3 is 2.78 bits per heavy atom. The number of aromatic nitrogens is 2. The van der Waals surface area contributed by atoms with Crippen LogP contribution in [-0.2, 0) is 0 Å². The molecule has 2 heterocycles. The predicted octanol–water partition coefficient (Wildman–Crippen LogP) is 1.92. The Morgan fingerprint density at radius 2 is 2.22 bits per heavy atom. The molecule has 0 unspecified atom stereocenters. The van der Waals surface area contributed by atoms with Crippen LogP contribution < -0.4 is 10.5 Å². The maximum atomic E-state index is 9.19. The number of nitrogen functional groups attached to an aromatic ring is 1. The van der Waals surface area contributed by atoms with Crippen LogP contribution in [0.15, 0.2) is 21.6 Å². The Hall–Kier alpha value is -2.20. The normalized spacial score (nSPS) is 10.1. The Balaban J connectivity index is 2.62. The van der Waals surface area contributed by atoms with Gasteiger partial charge in [0.25, 0.3) is 5.95 Å². The zero-order chi connectivity index (χ0) is 13.1. The van der Waals surface area contributed by atoms with Crippen molar-refractivity contribution in [1.29, 1.82) is 5.26 Å². The SMILES string of the molecule is COc1ccc(-c2nc(N)nc(SC)c2C#N)o1. The van der Waals surface area contributed by atoms with E-state index in [4.69, 9.17) is 14.9 Å². The second-order valence-electron chi connectivity index (χ2n) is 3.25. The van der Waals surface area contributed by atoms with Gasteiger partial charge in [-0.2, -0.15) is 5.26 Å². The molecule has 0 amide bonds. The van der Waals surface area contributed by atoms with E-state index < -0.39 is 0 Å². The topological polar surface area (TPSA) is 98.0 Å². The number of hydrogen-bond donors (Lipinski definition) is 1. The fourth-order valence-corrected chi connectivity index (χ4v) is 1.97. The molecule has 0 aliphatic rings. The van der Waals surface area contributed by atoms with Gasteiger partial charge in [0.1, 0.15) is 22.4 Å². The maximum Gasteiger partial charge on any atom is 0.284 e. The fraction of sp³-hybridized carbons (Fsp3) is 0.182. The Labute approximate surface area is 108 Å². The van der Waals surface area contributed by atoms with Gasteiger partial charge in [-0.3, -0.25) is 0 Å². The third kappa shape index (κ3) is 2.10. The van der Waals surface area contributed by atoms with Crippen LogP contribution in [0.5, 0.6) is 5.95 Å². The number of nitriles is 1. The number of furan rings is 1. The summed E-state index contributed by atoms with van der Waals surface area (Å²) in [6, 6.07) is 5.38. The van der Waals surface area contributed by atoms with Gasteiger partial charge in [-0.25, -0.2) is 9.97 Å². The van der Waals surface area contributed by atoms with Crippen molar-refractivity contribution in [3.63, 3.8) is 0 Å². The van der Waals surface area contributed by atoms with E-state index in [1.165, 1.54) is 18.9 Å². The molecule has 7 heteroatoms. The first-order chi connectivity index (χ1) is 8.69. The Morgan fingerprint density at radius 1 is 1.44 bits per heavy atom. The van der Waals surface area contributed by atoms with E-state index in [1.807, 2.05) is 6.26 Å². The molecular formula is C11H10N4O2S. The van der Waals surface area contributed by atoms with E-state index in [9.17, 15) is 5.26 Å². The van der Waals surface area contributed by atoms with Crippen molar-refractivity contribution >= 4 is 17.7 Å². The largest absolute Gasteiger partial charge is 0.468 e. The average Bonchev–Trinajstić information content (AvgIpc) is 2.86. The number of thioether (sulfide) groups is 1. The quantitative estimate of drug-likeness (QED) is 0.666. The van der Waals surface area contributed by atoms with Gasteiger partial charge in [0.2, 0.25) is 5.95 Å². The number of nitrogens with zero attached hydrogens (tertiary/aromatic N) is 3. The highest BCUT2D eigenvalue weighted by molar-refractivity contribution is 7.98. The molecule has 0 radical (unpaired) electrons. The zero-order valence-corrected chi connectivity index (χ0v) is 10.6. The molecule has 0 aliphatic heterocycles. The predicted molar refractivity (Wildman–Crippen MR) is 67.2 cm³/mol. The molecule has 0 spiro atoms. The van der Waals surface area contributed by atoms with E-state index >= 15 is 0 Å². The van der Waals surface area contributed by atoms with Crippen molar-refractivity contribution in [3.05, 3.63) is 17.7 Å². The lowest BCUT2D eigenvalue weighted by atomic mass is 10.2. The van der Waals surface area contributed by atoms with Crippen molar-refractivity contribution in [3.8, 4) is 23.5 Å². The summed E-state index contributed by atoms with van der Waals surface area (Å²) in [5, 5.41) is 9.71. The van der Waals surface area contributed by atoms with Gasteiger partial charge in [0.15, 0.2) is 5.76 Å². The minimum Gasteiger partial charge on any atom is -0.468 e. The summed E-state index contributed by atoms with van der Waals surface area (Å²) in [7, 11) is 1.50. The van der Waals surface area contributed by atoms with Gasteiger partial charge < -0.3 is 14.9 Å². The first-order valence-corrected chi connectivity index (χ1v) is 6.18. The highest BCUT2D eigenvalue weighted by atomic mass is 32.2. The summed E-state index contributed by atoms with van der Waals surface area (Å²) in [5.41, 5.74) is 6.33. The van der Waals surface area contributed by atoms with Crippen LogP contribution in [0.1, 0.15) is 5.56 Å². The molecule has 2 aromatic rings. The van der Waals surface area contributed by atoms with E-state index in [0.29, 0.717) is 28.0 Å². The van der Waals surface area contributed by atoms with Crippen LogP contribution in [0, 0.1) is 11.3 Å². The minimum atomic E-state index is 0.101. The lowest BCUT2D eigenvalue weighted by Crippen LogP contribution is -2.01. The molecule has 0 fully saturated rings. The summed E-state index contributed by atoms with van der Waals surface area (Å²) in [5.74, 6) is 0.869. The lowest BCUT2D eigenvalue weighted by Gasteiger charge is -2.05. The molecule has 0 saturated heterocycles. The monoisotopic (exact) mass is 262 g/mol. The lowest BCUT2D eigenvalue weighted by molar-refractivity contribution is 0.308. The number of rotatable bonds is 3. The van der Waals surface area contributed by atoms with E-state index in [-0.39, 0.29) is 5.95 Å².